The lowest BCUT2D eigenvalue weighted by Gasteiger charge is -2.31. The molecule has 2 fully saturated rings. The van der Waals surface area contributed by atoms with Crippen LogP contribution in [-0.2, 0) is 42.7 Å². The van der Waals surface area contributed by atoms with E-state index < -0.39 is 25.0 Å². The summed E-state index contributed by atoms with van der Waals surface area (Å²) < 4.78 is 41.8. The molecule has 0 bridgehead atoms. The highest BCUT2D eigenvalue weighted by atomic mass is 32.2. The summed E-state index contributed by atoms with van der Waals surface area (Å²) in [7, 11) is -3.62. The summed E-state index contributed by atoms with van der Waals surface area (Å²) >= 11 is 1.89. The topological polar surface area (TPSA) is 209 Å². The Kier molecular flexibility index (Phi) is 23.0. The maximum Gasteiger partial charge on any atom is 0.315 e. The molecule has 3 rings (SSSR count). The Labute approximate surface area is 341 Å². The fourth-order valence-corrected chi connectivity index (χ4v) is 10.6. The summed E-state index contributed by atoms with van der Waals surface area (Å²) in [6.07, 6.45) is 4.24. The number of thioether (sulfide) groups is 1. The van der Waals surface area contributed by atoms with E-state index in [1.807, 2.05) is 25.6 Å². The monoisotopic (exact) mass is 841 g/mol. The first-order valence-electron chi connectivity index (χ1n) is 20.2. The highest BCUT2D eigenvalue weighted by Crippen LogP contribution is 2.53. The van der Waals surface area contributed by atoms with Crippen LogP contribution in [0.2, 0.25) is 0 Å². The van der Waals surface area contributed by atoms with Crippen LogP contribution in [0, 0.1) is 5.92 Å². The van der Waals surface area contributed by atoms with Gasteiger partial charge in [-0.15, -0.1) is 0 Å². The van der Waals surface area contributed by atoms with E-state index in [1.54, 1.807) is 37.3 Å². The van der Waals surface area contributed by atoms with Crippen LogP contribution in [0.3, 0.4) is 0 Å². The van der Waals surface area contributed by atoms with Crippen molar-refractivity contribution in [2.75, 3.05) is 71.3 Å². The Bertz CT molecular complexity index is 1430. The van der Waals surface area contributed by atoms with Gasteiger partial charge < -0.3 is 50.1 Å². The Hall–Kier alpha value is -3.37. The zero-order valence-corrected chi connectivity index (χ0v) is 35.5. The van der Waals surface area contributed by atoms with E-state index in [0.29, 0.717) is 76.6 Å². The first-order valence-corrected chi connectivity index (χ1v) is 23.2. The normalized spacial score (nSPS) is 18.8. The van der Waals surface area contributed by atoms with Crippen LogP contribution in [0.25, 0.3) is 0 Å². The second-order valence-electron chi connectivity index (χ2n) is 14.3. The van der Waals surface area contributed by atoms with Crippen LogP contribution in [0.5, 0.6) is 5.75 Å². The second kappa shape index (κ2) is 27.3. The summed E-state index contributed by atoms with van der Waals surface area (Å²) in [5.41, 5.74) is 0. The highest BCUT2D eigenvalue weighted by Gasteiger charge is 2.42. The number of fused-ring (bicyclic) bond motifs is 1. The molecule has 18 heteroatoms. The Balaban J connectivity index is 1.13. The minimum Gasteiger partial charge on any atom is -0.466 e. The number of hydrogen-bond donors (Lipinski definition) is 5. The number of ether oxygens (including phenoxy) is 4. The number of carbonyl (C=O) groups is 5. The molecule has 0 spiro atoms. The fraction of sp³-hybridized carbons (Fsp3) is 0.718. The van der Waals surface area contributed by atoms with Gasteiger partial charge in [0.05, 0.1) is 51.5 Å². The number of carbonyl (C=O) groups excluding carboxylic acids is 5. The number of hydrogen-bond acceptors (Lipinski definition) is 12. The van der Waals surface area contributed by atoms with Gasteiger partial charge in [0.2, 0.25) is 17.7 Å². The van der Waals surface area contributed by atoms with Crippen molar-refractivity contribution in [3.05, 3.63) is 30.3 Å². The SMILES string of the molecule is CCOC(=O)CC[P@@](=O)(Oc1ccccc1)[C@@H](NC(=O)CCC(=O)NCCCOCCOCCOCCCNC(=O)CCCCC1SC[C@@H]2NC(=O)N[C@H]12)C(C)C. The number of amides is 5. The number of rotatable bonds is 31. The predicted octanol–water partition coefficient (Wildman–Crippen LogP) is 3.96. The first kappa shape index (κ1) is 48.0. The average Bonchev–Trinajstić information content (AvgIpc) is 3.74. The largest absolute Gasteiger partial charge is 0.466 e. The fourth-order valence-electron chi connectivity index (χ4n) is 6.36. The molecule has 322 valence electrons. The molecule has 1 unspecified atom stereocenters. The summed E-state index contributed by atoms with van der Waals surface area (Å²) in [5.74, 6) is -1.01. The number of urea groups is 1. The molecule has 0 radical (unpaired) electrons. The van der Waals surface area contributed by atoms with E-state index in [4.69, 9.17) is 23.5 Å². The molecule has 16 nitrogen and oxygen atoms in total. The van der Waals surface area contributed by atoms with Crippen molar-refractivity contribution in [3.8, 4) is 5.75 Å². The van der Waals surface area contributed by atoms with Crippen LogP contribution in [0.4, 0.5) is 4.79 Å². The summed E-state index contributed by atoms with van der Waals surface area (Å²) in [6.45, 7) is 9.14. The lowest BCUT2D eigenvalue weighted by molar-refractivity contribution is -0.142. The molecular formula is C39H64N5O11PS. The van der Waals surface area contributed by atoms with Crippen molar-refractivity contribution < 1.29 is 52.0 Å². The number of unbranched alkanes of at least 4 members (excludes halogenated alkanes) is 1. The van der Waals surface area contributed by atoms with E-state index in [9.17, 15) is 28.5 Å². The number of nitrogens with one attached hydrogen (secondary N) is 5. The zero-order valence-electron chi connectivity index (χ0n) is 33.8. The van der Waals surface area contributed by atoms with Gasteiger partial charge in [0.25, 0.3) is 7.37 Å². The van der Waals surface area contributed by atoms with Gasteiger partial charge in [0.1, 0.15) is 11.5 Å². The third-order valence-electron chi connectivity index (χ3n) is 9.28. The number of benzene rings is 1. The molecule has 1 aromatic carbocycles. The Morgan fingerprint density at radius 1 is 0.807 bits per heavy atom. The summed E-state index contributed by atoms with van der Waals surface area (Å²) in [5, 5.41) is 14.9. The molecule has 5 amide bonds. The number of esters is 1. The van der Waals surface area contributed by atoms with Crippen LogP contribution in [0.15, 0.2) is 30.3 Å². The minimum absolute atomic E-state index is 0.0436. The van der Waals surface area contributed by atoms with Crippen LogP contribution in [-0.4, -0.2) is 124 Å². The van der Waals surface area contributed by atoms with Gasteiger partial charge in [0.15, 0.2) is 0 Å². The molecule has 2 aliphatic rings. The maximum atomic E-state index is 14.2. The van der Waals surface area contributed by atoms with Gasteiger partial charge in [-0.3, -0.25) is 23.7 Å². The number of para-hydroxylation sites is 1. The van der Waals surface area contributed by atoms with Gasteiger partial charge in [-0.2, -0.15) is 11.8 Å². The molecule has 2 heterocycles. The molecule has 0 saturated carbocycles. The molecule has 0 aliphatic carbocycles. The smallest absolute Gasteiger partial charge is 0.315 e. The van der Waals surface area contributed by atoms with E-state index in [-0.39, 0.29) is 67.9 Å². The van der Waals surface area contributed by atoms with Crippen molar-refractivity contribution >= 4 is 48.9 Å². The first-order chi connectivity index (χ1) is 27.5. The summed E-state index contributed by atoms with van der Waals surface area (Å²) in [4.78, 5) is 61.0. The molecule has 5 N–H and O–H groups in total. The Morgan fingerprint density at radius 3 is 2.05 bits per heavy atom. The standard InChI is InChI=1S/C39H64N5O11PS/c1-4-54-36(48)18-27-56(50,55-30-12-6-5-7-13-30)38(29(2)3)43-35(47)17-16-34(46)41-20-11-22-52-24-26-53-25-23-51-21-10-19-40-33(45)15-9-8-14-32-37-31(28-57-32)42-39(49)44-37/h5-7,12-13,29,31-32,37-38H,4,8-11,14-28H2,1-3H3,(H,40,45)(H,41,46)(H,43,47)(H2,42,44,49)/t31-,32?,37-,38+,56+/m0/s1. The Morgan fingerprint density at radius 2 is 1.42 bits per heavy atom. The van der Waals surface area contributed by atoms with Gasteiger partial charge in [-0.05, 0) is 50.7 Å². The molecule has 0 aromatic heterocycles. The highest BCUT2D eigenvalue weighted by molar-refractivity contribution is 8.00. The van der Waals surface area contributed by atoms with Crippen LogP contribution in [0.1, 0.15) is 78.6 Å². The average molecular weight is 842 g/mol. The lowest BCUT2D eigenvalue weighted by atomic mass is 10.0. The van der Waals surface area contributed by atoms with Gasteiger partial charge >= 0.3 is 12.0 Å². The minimum atomic E-state index is -3.62. The third-order valence-corrected chi connectivity index (χ3v) is 13.7. The molecule has 2 aliphatic heterocycles. The van der Waals surface area contributed by atoms with Crippen LogP contribution >= 0.6 is 19.1 Å². The van der Waals surface area contributed by atoms with E-state index >= 15 is 0 Å². The van der Waals surface area contributed by atoms with Gasteiger partial charge in [-0.1, -0.05) is 38.5 Å². The quantitative estimate of drug-likeness (QED) is 0.0312. The van der Waals surface area contributed by atoms with E-state index in [2.05, 4.69) is 26.6 Å². The van der Waals surface area contributed by atoms with Crippen molar-refractivity contribution in [3.63, 3.8) is 0 Å². The molecule has 5 atom stereocenters. The second-order valence-corrected chi connectivity index (χ2v) is 18.2. The zero-order chi connectivity index (χ0) is 41.3. The van der Waals surface area contributed by atoms with Crippen molar-refractivity contribution in [2.24, 2.45) is 5.92 Å². The lowest BCUT2D eigenvalue weighted by Crippen LogP contribution is -2.40. The van der Waals surface area contributed by atoms with E-state index in [0.717, 1.165) is 31.4 Å². The van der Waals surface area contributed by atoms with Gasteiger partial charge in [-0.25, -0.2) is 4.79 Å². The molecule has 1 aromatic rings. The van der Waals surface area contributed by atoms with Crippen molar-refractivity contribution in [1.82, 2.24) is 26.6 Å². The van der Waals surface area contributed by atoms with Gasteiger partial charge in [0, 0.05) is 62.7 Å². The van der Waals surface area contributed by atoms with E-state index in [1.165, 1.54) is 0 Å². The molecule has 57 heavy (non-hydrogen) atoms. The van der Waals surface area contributed by atoms with Crippen molar-refractivity contribution in [1.29, 1.82) is 0 Å². The third kappa shape index (κ3) is 19.3. The molecule has 2 saturated heterocycles. The predicted molar refractivity (Wildman–Crippen MR) is 218 cm³/mol. The molecular weight excluding hydrogens is 777 g/mol. The van der Waals surface area contributed by atoms with Crippen molar-refractivity contribution in [2.45, 2.75) is 102 Å². The van der Waals surface area contributed by atoms with Crippen LogP contribution < -0.4 is 31.1 Å². The summed E-state index contributed by atoms with van der Waals surface area (Å²) in [6, 6.07) is 8.98. The maximum absolute atomic E-state index is 14.2.